The molecule has 160 valence electrons. The van der Waals surface area contributed by atoms with Gasteiger partial charge in [0.2, 0.25) is 6.29 Å². The molecule has 1 amide bonds. The van der Waals surface area contributed by atoms with E-state index in [0.717, 1.165) is 0 Å². The van der Waals surface area contributed by atoms with Gasteiger partial charge < -0.3 is 39.5 Å². The number of carbonyl (C=O) groups is 2. The summed E-state index contributed by atoms with van der Waals surface area (Å²) in [4.78, 5) is 29.2. The molecule has 2 aliphatic heterocycles. The van der Waals surface area contributed by atoms with Gasteiger partial charge in [-0.25, -0.2) is 9.59 Å². The van der Waals surface area contributed by atoms with Gasteiger partial charge in [-0.2, -0.15) is 0 Å². The summed E-state index contributed by atoms with van der Waals surface area (Å²) in [7, 11) is 0. The number of aliphatic hydroxyl groups excluding tert-OH is 3. The van der Waals surface area contributed by atoms with Crippen LogP contribution in [0.4, 0.5) is 4.79 Å². The third-order valence-electron chi connectivity index (χ3n) is 5.03. The zero-order chi connectivity index (χ0) is 21.1. The molecule has 29 heavy (non-hydrogen) atoms. The first-order chi connectivity index (χ1) is 13.8. The van der Waals surface area contributed by atoms with E-state index < -0.39 is 42.8 Å². The summed E-state index contributed by atoms with van der Waals surface area (Å²) in [6, 6.07) is 3.21. The average molecular weight is 412 g/mol. The fourth-order valence-electron chi connectivity index (χ4n) is 3.37. The maximum absolute atomic E-state index is 12.6. The second kappa shape index (κ2) is 8.91. The van der Waals surface area contributed by atoms with Crippen LogP contribution in [0.3, 0.4) is 0 Å². The molecular formula is C18H24N2O9. The number of rotatable bonds is 5. The van der Waals surface area contributed by atoms with Crippen LogP contribution in [0, 0.1) is 6.92 Å². The molecule has 11 heteroatoms. The molecular weight excluding hydrogens is 388 g/mol. The van der Waals surface area contributed by atoms with Crippen LogP contribution >= 0.6 is 0 Å². The van der Waals surface area contributed by atoms with Gasteiger partial charge >= 0.3 is 12.1 Å². The summed E-state index contributed by atoms with van der Waals surface area (Å²) in [5.41, 5.74) is 0.714. The Bertz CT molecular complexity index is 746. The molecule has 0 bridgehead atoms. The number of aliphatic hydroxyl groups is 3. The predicted molar refractivity (Wildman–Crippen MR) is 95.0 cm³/mol. The molecule has 0 aromatic carbocycles. The number of aryl methyl sites for hydroxylation is 1. The van der Waals surface area contributed by atoms with Gasteiger partial charge in [-0.3, -0.25) is 4.98 Å². The Morgan fingerprint density at radius 3 is 2.72 bits per heavy atom. The fraction of sp³-hybridized carbons (Fsp3) is 0.611. The lowest BCUT2D eigenvalue weighted by molar-refractivity contribution is -0.280. The van der Waals surface area contributed by atoms with Crippen LogP contribution in [-0.2, 0) is 14.3 Å². The minimum absolute atomic E-state index is 0.203. The summed E-state index contributed by atoms with van der Waals surface area (Å²) < 4.78 is 15.8. The maximum Gasteiger partial charge on any atom is 0.412 e. The Morgan fingerprint density at radius 1 is 1.28 bits per heavy atom. The minimum atomic E-state index is -1.85. The number of nitrogens with zero attached hydrogens (tertiary/aromatic N) is 2. The van der Waals surface area contributed by atoms with Gasteiger partial charge in [-0.15, -0.1) is 0 Å². The number of carbonyl (C=O) groups excluding carboxylic acids is 1. The van der Waals surface area contributed by atoms with Gasteiger partial charge in [0, 0.05) is 12.7 Å². The molecule has 4 N–H and O–H groups in total. The lowest BCUT2D eigenvalue weighted by Crippen LogP contribution is -2.61. The van der Waals surface area contributed by atoms with Gasteiger partial charge in [0.25, 0.3) is 0 Å². The van der Waals surface area contributed by atoms with Crippen molar-refractivity contribution in [2.45, 2.75) is 56.5 Å². The number of carboxylic acids is 1. The van der Waals surface area contributed by atoms with E-state index in [2.05, 4.69) is 4.98 Å². The second-order valence-electron chi connectivity index (χ2n) is 7.01. The highest BCUT2D eigenvalue weighted by Crippen LogP contribution is 2.25. The molecule has 11 nitrogen and oxygen atoms in total. The van der Waals surface area contributed by atoms with Gasteiger partial charge in [0.15, 0.2) is 6.10 Å². The van der Waals surface area contributed by atoms with Crippen molar-refractivity contribution in [2.75, 3.05) is 13.2 Å². The summed E-state index contributed by atoms with van der Waals surface area (Å²) in [5.74, 6) is -0.955. The van der Waals surface area contributed by atoms with Crippen LogP contribution in [-0.4, -0.2) is 92.3 Å². The van der Waals surface area contributed by atoms with E-state index in [9.17, 15) is 24.9 Å². The second-order valence-corrected chi connectivity index (χ2v) is 7.01. The number of hydrogen-bond donors (Lipinski definition) is 4. The van der Waals surface area contributed by atoms with Crippen LogP contribution in [0.5, 0.6) is 5.75 Å². The first-order valence-electron chi connectivity index (χ1n) is 9.23. The molecule has 3 rings (SSSR count). The quantitative estimate of drug-likeness (QED) is 0.485. The molecule has 2 aliphatic rings. The normalized spacial score (nSPS) is 32.1. The van der Waals surface area contributed by atoms with Crippen LogP contribution in [0.25, 0.3) is 0 Å². The fourth-order valence-corrected chi connectivity index (χ4v) is 3.37. The molecule has 1 aromatic heterocycles. The van der Waals surface area contributed by atoms with Crippen LogP contribution in [0.1, 0.15) is 18.5 Å². The molecule has 0 aliphatic carbocycles. The summed E-state index contributed by atoms with van der Waals surface area (Å²) in [5, 5.41) is 38.6. The average Bonchev–Trinajstić information content (AvgIpc) is 3.16. The number of carboxylic acid groups (broad SMARTS) is 1. The van der Waals surface area contributed by atoms with Crippen LogP contribution < -0.4 is 4.74 Å². The van der Waals surface area contributed by atoms with E-state index in [-0.39, 0.29) is 12.6 Å². The third-order valence-corrected chi connectivity index (χ3v) is 5.03. The maximum atomic E-state index is 12.6. The van der Waals surface area contributed by atoms with E-state index in [1.807, 2.05) is 0 Å². The SMILES string of the molecule is Cc1ncccc1OC[C@@H]1CCCN1C(=O)O[C@@H]1O[C@H](C(=O)O)[C@@H](O)[C@H](O)[C@H]1O. The zero-order valence-corrected chi connectivity index (χ0v) is 15.7. The van der Waals surface area contributed by atoms with E-state index in [0.29, 0.717) is 30.8 Å². The summed E-state index contributed by atoms with van der Waals surface area (Å²) in [6.07, 6.45) is -6.86. The number of likely N-dealkylation sites (tertiary alicyclic amines) is 1. The van der Waals surface area contributed by atoms with Crippen molar-refractivity contribution in [1.82, 2.24) is 9.88 Å². The first kappa shape index (κ1) is 21.2. The van der Waals surface area contributed by atoms with Gasteiger partial charge in [-0.05, 0) is 31.9 Å². The third kappa shape index (κ3) is 4.58. The Hall–Kier alpha value is -2.47. The van der Waals surface area contributed by atoms with Crippen molar-refractivity contribution in [3.63, 3.8) is 0 Å². The highest BCUT2D eigenvalue weighted by atomic mass is 16.7. The highest BCUT2D eigenvalue weighted by Gasteiger charge is 2.49. The first-order valence-corrected chi connectivity index (χ1v) is 9.23. The van der Waals surface area contributed by atoms with E-state index in [1.54, 1.807) is 25.3 Å². The predicted octanol–water partition coefficient (Wildman–Crippen LogP) is -0.738. The highest BCUT2D eigenvalue weighted by molar-refractivity contribution is 5.73. The standard InChI is InChI=1S/C18H24N2O9/c1-9-11(5-2-6-19-9)27-8-10-4-3-7-20(10)18(26)29-17-14(23)12(21)13(22)15(28-17)16(24)25/h2,5-6,10,12-15,17,21-23H,3-4,7-8H2,1H3,(H,24,25)/t10-,12-,13-,14+,15-,17-/m0/s1. The van der Waals surface area contributed by atoms with Crippen LogP contribution in [0.2, 0.25) is 0 Å². The largest absolute Gasteiger partial charge is 0.490 e. The number of amides is 1. The summed E-state index contributed by atoms with van der Waals surface area (Å²) in [6.45, 7) is 2.39. The number of hydrogen-bond acceptors (Lipinski definition) is 9. The number of ether oxygens (including phenoxy) is 3. The van der Waals surface area contributed by atoms with Crippen molar-refractivity contribution in [2.24, 2.45) is 0 Å². The molecule has 2 fully saturated rings. The smallest absolute Gasteiger partial charge is 0.412 e. The molecule has 0 unspecified atom stereocenters. The molecule has 6 atom stereocenters. The molecule has 3 heterocycles. The van der Waals surface area contributed by atoms with Crippen molar-refractivity contribution < 1.29 is 44.2 Å². The minimum Gasteiger partial charge on any atom is -0.490 e. The number of aromatic nitrogens is 1. The van der Waals surface area contributed by atoms with E-state index in [1.165, 1.54) is 4.90 Å². The molecule has 0 spiro atoms. The Kier molecular flexibility index (Phi) is 6.52. The molecule has 0 saturated carbocycles. The van der Waals surface area contributed by atoms with Crippen molar-refractivity contribution in [3.05, 3.63) is 24.0 Å². The number of pyridine rings is 1. The molecule has 1 aromatic rings. The summed E-state index contributed by atoms with van der Waals surface area (Å²) >= 11 is 0. The Balaban J connectivity index is 1.61. The lowest BCUT2D eigenvalue weighted by atomic mass is 9.99. The van der Waals surface area contributed by atoms with E-state index in [4.69, 9.17) is 19.3 Å². The number of aliphatic carboxylic acids is 1. The van der Waals surface area contributed by atoms with Crippen molar-refractivity contribution >= 4 is 12.1 Å². The van der Waals surface area contributed by atoms with Gasteiger partial charge in [-0.1, -0.05) is 0 Å². The van der Waals surface area contributed by atoms with Crippen molar-refractivity contribution in [3.8, 4) is 5.75 Å². The Labute approximate surface area is 166 Å². The van der Waals surface area contributed by atoms with Gasteiger partial charge in [0.1, 0.15) is 30.7 Å². The van der Waals surface area contributed by atoms with Crippen molar-refractivity contribution in [1.29, 1.82) is 0 Å². The van der Waals surface area contributed by atoms with Crippen LogP contribution in [0.15, 0.2) is 18.3 Å². The zero-order valence-electron chi connectivity index (χ0n) is 15.7. The Morgan fingerprint density at radius 2 is 2.03 bits per heavy atom. The molecule has 0 radical (unpaired) electrons. The molecule has 2 saturated heterocycles. The monoisotopic (exact) mass is 412 g/mol. The topological polar surface area (TPSA) is 159 Å². The van der Waals surface area contributed by atoms with Gasteiger partial charge in [0.05, 0.1) is 11.7 Å². The lowest BCUT2D eigenvalue weighted by Gasteiger charge is -2.38. The van der Waals surface area contributed by atoms with E-state index >= 15 is 0 Å².